The summed E-state index contributed by atoms with van der Waals surface area (Å²) in [6.45, 7) is 9.02. The van der Waals surface area contributed by atoms with Crippen LogP contribution in [0.5, 0.6) is 0 Å². The largest absolute Gasteiger partial charge is 0.314 e. The molecule has 2 heteroatoms. The van der Waals surface area contributed by atoms with Crippen LogP contribution in [0, 0.1) is 0 Å². The van der Waals surface area contributed by atoms with Crippen LogP contribution >= 0.6 is 0 Å². The molecule has 1 aromatic rings. The molecule has 0 saturated carbocycles. The first-order valence-electron chi connectivity index (χ1n) is 7.65. The number of nitrogens with one attached hydrogen (secondary N) is 2. The van der Waals surface area contributed by atoms with Gasteiger partial charge in [-0.1, -0.05) is 31.2 Å². The fourth-order valence-corrected chi connectivity index (χ4v) is 2.91. The summed E-state index contributed by atoms with van der Waals surface area (Å²) in [5, 5.41) is 7.28. The Morgan fingerprint density at radius 2 is 1.89 bits per heavy atom. The molecule has 0 aliphatic carbocycles. The molecular formula is C17H28N2. The van der Waals surface area contributed by atoms with Crippen molar-refractivity contribution in [3.8, 4) is 0 Å². The van der Waals surface area contributed by atoms with Crippen LogP contribution in [0.15, 0.2) is 24.3 Å². The van der Waals surface area contributed by atoms with Crippen molar-refractivity contribution in [3.63, 3.8) is 0 Å². The average Bonchev–Trinajstić information content (AvgIpc) is 2.38. The normalized spacial score (nSPS) is 22.4. The molecule has 2 N–H and O–H groups in total. The van der Waals surface area contributed by atoms with Gasteiger partial charge in [0.25, 0.3) is 0 Å². The maximum Gasteiger partial charge on any atom is 0.0139 e. The van der Waals surface area contributed by atoms with E-state index in [0.29, 0.717) is 11.6 Å². The van der Waals surface area contributed by atoms with Gasteiger partial charge in [-0.3, -0.25) is 0 Å². The lowest BCUT2D eigenvalue weighted by atomic mass is 9.89. The zero-order valence-corrected chi connectivity index (χ0v) is 12.6. The third kappa shape index (κ3) is 4.63. The van der Waals surface area contributed by atoms with Gasteiger partial charge in [-0.15, -0.1) is 0 Å². The first-order valence-corrected chi connectivity index (χ1v) is 7.65. The SMILES string of the molecule is CCc1ccc(CCNC2CCNC(C)(C)C2)cc1. The van der Waals surface area contributed by atoms with E-state index in [9.17, 15) is 0 Å². The van der Waals surface area contributed by atoms with E-state index in [1.54, 1.807) is 0 Å². The van der Waals surface area contributed by atoms with Crippen molar-refractivity contribution in [1.82, 2.24) is 10.6 Å². The Balaban J connectivity index is 1.73. The van der Waals surface area contributed by atoms with Crippen LogP contribution in [0.4, 0.5) is 0 Å². The van der Waals surface area contributed by atoms with Gasteiger partial charge < -0.3 is 10.6 Å². The first kappa shape index (κ1) is 14.5. The van der Waals surface area contributed by atoms with E-state index in [1.165, 1.54) is 24.0 Å². The van der Waals surface area contributed by atoms with Crippen molar-refractivity contribution in [3.05, 3.63) is 35.4 Å². The van der Waals surface area contributed by atoms with Gasteiger partial charge in [0.2, 0.25) is 0 Å². The molecule has 1 fully saturated rings. The smallest absolute Gasteiger partial charge is 0.0139 e. The van der Waals surface area contributed by atoms with E-state index >= 15 is 0 Å². The lowest BCUT2D eigenvalue weighted by Gasteiger charge is -2.37. The number of piperidine rings is 1. The van der Waals surface area contributed by atoms with Crippen molar-refractivity contribution in [2.45, 2.75) is 58.0 Å². The van der Waals surface area contributed by atoms with E-state index in [1.807, 2.05) is 0 Å². The van der Waals surface area contributed by atoms with Crippen LogP contribution in [0.2, 0.25) is 0 Å². The minimum absolute atomic E-state index is 0.290. The maximum atomic E-state index is 3.71. The molecular weight excluding hydrogens is 232 g/mol. The molecule has 19 heavy (non-hydrogen) atoms. The molecule has 106 valence electrons. The Labute approximate surface area is 118 Å². The van der Waals surface area contributed by atoms with Gasteiger partial charge >= 0.3 is 0 Å². The van der Waals surface area contributed by atoms with Crippen LogP contribution in [0.3, 0.4) is 0 Å². The molecule has 0 bridgehead atoms. The van der Waals surface area contributed by atoms with Crippen LogP contribution in [-0.2, 0) is 12.8 Å². The van der Waals surface area contributed by atoms with Crippen LogP contribution in [0.1, 0.15) is 44.7 Å². The van der Waals surface area contributed by atoms with Gasteiger partial charge in [0.15, 0.2) is 0 Å². The van der Waals surface area contributed by atoms with Gasteiger partial charge in [0.05, 0.1) is 0 Å². The van der Waals surface area contributed by atoms with Gasteiger partial charge in [0.1, 0.15) is 0 Å². The Hall–Kier alpha value is -0.860. The average molecular weight is 260 g/mol. The highest BCUT2D eigenvalue weighted by Crippen LogP contribution is 2.18. The van der Waals surface area contributed by atoms with Crippen LogP contribution in [-0.4, -0.2) is 24.7 Å². The summed E-state index contributed by atoms with van der Waals surface area (Å²) in [5.41, 5.74) is 3.16. The predicted octanol–water partition coefficient (Wildman–Crippen LogP) is 2.91. The maximum absolute atomic E-state index is 3.71. The highest BCUT2D eigenvalue weighted by molar-refractivity contribution is 5.22. The Morgan fingerprint density at radius 1 is 1.21 bits per heavy atom. The molecule has 1 atom stereocenters. The fourth-order valence-electron chi connectivity index (χ4n) is 2.91. The molecule has 1 aliphatic rings. The molecule has 0 amide bonds. The molecule has 0 spiro atoms. The van der Waals surface area contributed by atoms with Crippen molar-refractivity contribution in [2.75, 3.05) is 13.1 Å². The number of benzene rings is 1. The third-order valence-electron chi connectivity index (χ3n) is 4.13. The van der Waals surface area contributed by atoms with Gasteiger partial charge in [-0.05, 0) is 63.7 Å². The van der Waals surface area contributed by atoms with E-state index in [-0.39, 0.29) is 0 Å². The standard InChI is InChI=1S/C17H28N2/c1-4-14-5-7-15(8-6-14)9-11-18-16-10-12-19-17(2,3)13-16/h5-8,16,18-19H,4,9-13H2,1-3H3. The minimum atomic E-state index is 0.290. The second kappa shape index (κ2) is 6.53. The lowest BCUT2D eigenvalue weighted by Crippen LogP contribution is -2.52. The van der Waals surface area contributed by atoms with E-state index in [2.05, 4.69) is 55.7 Å². The first-order chi connectivity index (χ1) is 9.09. The van der Waals surface area contributed by atoms with Crippen molar-refractivity contribution < 1.29 is 0 Å². The summed E-state index contributed by atoms with van der Waals surface area (Å²) in [4.78, 5) is 0. The van der Waals surface area contributed by atoms with Crippen LogP contribution in [0.25, 0.3) is 0 Å². The summed E-state index contributed by atoms with van der Waals surface area (Å²) in [7, 11) is 0. The van der Waals surface area contributed by atoms with E-state index in [4.69, 9.17) is 0 Å². The summed E-state index contributed by atoms with van der Waals surface area (Å²) >= 11 is 0. The summed E-state index contributed by atoms with van der Waals surface area (Å²) in [5.74, 6) is 0. The highest BCUT2D eigenvalue weighted by atomic mass is 15.0. The van der Waals surface area contributed by atoms with Gasteiger partial charge in [0, 0.05) is 11.6 Å². The third-order valence-corrected chi connectivity index (χ3v) is 4.13. The van der Waals surface area contributed by atoms with E-state index in [0.717, 1.165) is 25.9 Å². The van der Waals surface area contributed by atoms with Crippen molar-refractivity contribution in [2.24, 2.45) is 0 Å². The van der Waals surface area contributed by atoms with Gasteiger partial charge in [-0.2, -0.15) is 0 Å². The Bertz CT molecular complexity index is 381. The highest BCUT2D eigenvalue weighted by Gasteiger charge is 2.26. The number of hydrogen-bond acceptors (Lipinski definition) is 2. The topological polar surface area (TPSA) is 24.1 Å². The Kier molecular flexibility index (Phi) is 5.00. The zero-order valence-electron chi connectivity index (χ0n) is 12.6. The molecule has 1 aliphatic heterocycles. The monoisotopic (exact) mass is 260 g/mol. The zero-order chi connectivity index (χ0) is 13.7. The molecule has 0 radical (unpaired) electrons. The summed E-state index contributed by atoms with van der Waals surface area (Å²) < 4.78 is 0. The van der Waals surface area contributed by atoms with Crippen LogP contribution < -0.4 is 10.6 Å². The van der Waals surface area contributed by atoms with E-state index < -0.39 is 0 Å². The Morgan fingerprint density at radius 3 is 2.53 bits per heavy atom. The molecule has 1 unspecified atom stereocenters. The molecule has 2 nitrogen and oxygen atoms in total. The molecule has 2 rings (SSSR count). The molecule has 1 aromatic carbocycles. The predicted molar refractivity (Wildman–Crippen MR) is 82.6 cm³/mol. The minimum Gasteiger partial charge on any atom is -0.314 e. The molecule has 1 heterocycles. The lowest BCUT2D eigenvalue weighted by molar-refractivity contribution is 0.249. The van der Waals surface area contributed by atoms with Crippen molar-refractivity contribution >= 4 is 0 Å². The summed E-state index contributed by atoms with van der Waals surface area (Å²) in [6, 6.07) is 9.72. The second-order valence-corrected chi connectivity index (χ2v) is 6.37. The molecule has 0 aromatic heterocycles. The number of aryl methyl sites for hydroxylation is 1. The second-order valence-electron chi connectivity index (χ2n) is 6.37. The van der Waals surface area contributed by atoms with Crippen molar-refractivity contribution in [1.29, 1.82) is 0 Å². The van der Waals surface area contributed by atoms with Gasteiger partial charge in [-0.25, -0.2) is 0 Å². The fraction of sp³-hybridized carbons (Fsp3) is 0.647. The summed E-state index contributed by atoms with van der Waals surface area (Å²) in [6.07, 6.45) is 4.73. The molecule has 1 saturated heterocycles. The number of rotatable bonds is 5. The number of hydrogen-bond donors (Lipinski definition) is 2. The quantitative estimate of drug-likeness (QED) is 0.850.